The van der Waals surface area contributed by atoms with E-state index in [0.717, 1.165) is 36.3 Å². The van der Waals surface area contributed by atoms with Crippen molar-refractivity contribution >= 4 is 10.0 Å². The van der Waals surface area contributed by atoms with E-state index in [2.05, 4.69) is 4.72 Å². The van der Waals surface area contributed by atoms with Gasteiger partial charge in [0.15, 0.2) is 11.5 Å². The minimum Gasteiger partial charge on any atom is -0.493 e. The van der Waals surface area contributed by atoms with Crippen molar-refractivity contribution < 1.29 is 22.6 Å². The predicted octanol–water partition coefficient (Wildman–Crippen LogP) is 2.22. The summed E-state index contributed by atoms with van der Waals surface area (Å²) in [7, 11) is -3.62. The first-order valence-electron chi connectivity index (χ1n) is 7.76. The van der Waals surface area contributed by atoms with Crippen molar-refractivity contribution in [3.8, 4) is 17.2 Å². The van der Waals surface area contributed by atoms with Crippen molar-refractivity contribution in [2.45, 2.75) is 24.3 Å². The Hall–Kier alpha value is -2.25. The molecule has 0 spiro atoms. The van der Waals surface area contributed by atoms with E-state index in [1.807, 2.05) is 18.2 Å². The van der Waals surface area contributed by atoms with Crippen LogP contribution in [0.25, 0.3) is 0 Å². The van der Waals surface area contributed by atoms with E-state index < -0.39 is 10.0 Å². The maximum absolute atomic E-state index is 12.5. The lowest BCUT2D eigenvalue weighted by Gasteiger charge is -2.18. The van der Waals surface area contributed by atoms with Gasteiger partial charge in [-0.25, -0.2) is 13.1 Å². The SMILES string of the molecule is O=S(=O)(NCc1ccc2c(c1)CCCO2)c1ccc2c(c1)OCO2. The number of benzene rings is 2. The van der Waals surface area contributed by atoms with Crippen LogP contribution in [0.15, 0.2) is 41.3 Å². The van der Waals surface area contributed by atoms with E-state index >= 15 is 0 Å². The van der Waals surface area contributed by atoms with Crippen LogP contribution in [0.2, 0.25) is 0 Å². The van der Waals surface area contributed by atoms with E-state index in [-0.39, 0.29) is 18.2 Å². The molecule has 0 fully saturated rings. The fourth-order valence-electron chi connectivity index (χ4n) is 2.83. The number of nitrogens with one attached hydrogen (secondary N) is 1. The van der Waals surface area contributed by atoms with Gasteiger partial charge in [-0.05, 0) is 42.2 Å². The summed E-state index contributed by atoms with van der Waals surface area (Å²) in [5, 5.41) is 0. The second-order valence-corrected chi connectivity index (χ2v) is 7.50. The highest BCUT2D eigenvalue weighted by Gasteiger charge is 2.20. The number of fused-ring (bicyclic) bond motifs is 2. The zero-order chi connectivity index (χ0) is 16.6. The molecule has 0 aromatic heterocycles. The Kier molecular flexibility index (Phi) is 3.82. The van der Waals surface area contributed by atoms with Gasteiger partial charge < -0.3 is 14.2 Å². The summed E-state index contributed by atoms with van der Waals surface area (Å²) >= 11 is 0. The molecule has 1 N–H and O–H groups in total. The van der Waals surface area contributed by atoms with Gasteiger partial charge in [0.1, 0.15) is 5.75 Å². The molecule has 0 saturated heterocycles. The third-order valence-electron chi connectivity index (χ3n) is 4.09. The summed E-state index contributed by atoms with van der Waals surface area (Å²) in [5.41, 5.74) is 2.03. The molecule has 6 nitrogen and oxygen atoms in total. The van der Waals surface area contributed by atoms with Gasteiger partial charge in [-0.1, -0.05) is 12.1 Å². The second kappa shape index (κ2) is 5.99. The van der Waals surface area contributed by atoms with Gasteiger partial charge in [0.05, 0.1) is 11.5 Å². The number of ether oxygens (including phenoxy) is 3. The van der Waals surface area contributed by atoms with Crippen molar-refractivity contribution in [2.24, 2.45) is 0 Å². The van der Waals surface area contributed by atoms with E-state index in [1.165, 1.54) is 12.1 Å². The Bertz CT molecular complexity index is 879. The van der Waals surface area contributed by atoms with Crippen LogP contribution in [0, 0.1) is 0 Å². The van der Waals surface area contributed by atoms with E-state index in [4.69, 9.17) is 14.2 Å². The van der Waals surface area contributed by atoms with Gasteiger partial charge in [-0.3, -0.25) is 0 Å². The third-order valence-corrected chi connectivity index (χ3v) is 5.49. The summed E-state index contributed by atoms with van der Waals surface area (Å²) < 4.78 is 43.5. The standard InChI is InChI=1S/C17H17NO5S/c19-24(20,14-4-6-16-17(9-14)23-11-22-16)18-10-12-3-5-15-13(8-12)2-1-7-21-15/h3-6,8-9,18H,1-2,7,10-11H2. The molecule has 2 aromatic rings. The van der Waals surface area contributed by atoms with Crippen molar-refractivity contribution in [2.75, 3.05) is 13.4 Å². The summed E-state index contributed by atoms with van der Waals surface area (Å²) in [4.78, 5) is 0.160. The van der Waals surface area contributed by atoms with Crippen LogP contribution < -0.4 is 18.9 Å². The maximum Gasteiger partial charge on any atom is 0.241 e. The molecular weight excluding hydrogens is 330 g/mol. The van der Waals surface area contributed by atoms with Crippen LogP contribution in [-0.2, 0) is 23.0 Å². The van der Waals surface area contributed by atoms with Crippen LogP contribution in [0.5, 0.6) is 17.2 Å². The molecule has 4 rings (SSSR count). The summed E-state index contributed by atoms with van der Waals surface area (Å²) in [5.74, 6) is 1.90. The minimum absolute atomic E-state index is 0.115. The van der Waals surface area contributed by atoms with Gasteiger partial charge in [0, 0.05) is 12.6 Å². The lowest BCUT2D eigenvalue weighted by molar-refractivity contribution is 0.174. The van der Waals surface area contributed by atoms with Gasteiger partial charge in [-0.2, -0.15) is 0 Å². The number of aryl methyl sites for hydroxylation is 1. The largest absolute Gasteiger partial charge is 0.493 e. The average Bonchev–Trinajstić information content (AvgIpc) is 3.07. The van der Waals surface area contributed by atoms with Gasteiger partial charge in [-0.15, -0.1) is 0 Å². The topological polar surface area (TPSA) is 73.9 Å². The number of rotatable bonds is 4. The Morgan fingerprint density at radius 1 is 0.958 bits per heavy atom. The van der Waals surface area contributed by atoms with Gasteiger partial charge in [0.25, 0.3) is 0 Å². The fourth-order valence-corrected chi connectivity index (χ4v) is 3.86. The highest BCUT2D eigenvalue weighted by molar-refractivity contribution is 7.89. The maximum atomic E-state index is 12.5. The summed E-state index contributed by atoms with van der Waals surface area (Å²) in [6.07, 6.45) is 1.94. The molecule has 0 bridgehead atoms. The van der Waals surface area contributed by atoms with Crippen LogP contribution in [0.1, 0.15) is 17.5 Å². The van der Waals surface area contributed by atoms with Gasteiger partial charge >= 0.3 is 0 Å². The van der Waals surface area contributed by atoms with Crippen LogP contribution in [-0.4, -0.2) is 21.8 Å². The fraction of sp³-hybridized carbons (Fsp3) is 0.294. The molecular formula is C17H17NO5S. The quantitative estimate of drug-likeness (QED) is 0.918. The minimum atomic E-state index is -3.62. The highest BCUT2D eigenvalue weighted by Crippen LogP contribution is 2.33. The Balaban J connectivity index is 1.50. The number of sulfonamides is 1. The molecule has 0 saturated carbocycles. The number of hydrogen-bond donors (Lipinski definition) is 1. The molecule has 2 aromatic carbocycles. The zero-order valence-electron chi connectivity index (χ0n) is 12.9. The van der Waals surface area contributed by atoms with Crippen LogP contribution in [0.4, 0.5) is 0 Å². The molecule has 0 unspecified atom stereocenters. The Morgan fingerprint density at radius 3 is 2.71 bits per heavy atom. The van der Waals surface area contributed by atoms with E-state index in [1.54, 1.807) is 6.07 Å². The molecule has 2 aliphatic rings. The van der Waals surface area contributed by atoms with Crippen molar-refractivity contribution in [1.29, 1.82) is 0 Å². The number of hydrogen-bond acceptors (Lipinski definition) is 5. The van der Waals surface area contributed by atoms with Crippen LogP contribution in [0.3, 0.4) is 0 Å². The summed E-state index contributed by atoms with van der Waals surface area (Å²) in [6, 6.07) is 10.4. The normalized spacial score (nSPS) is 15.7. The average molecular weight is 347 g/mol. The van der Waals surface area contributed by atoms with Crippen molar-refractivity contribution in [1.82, 2.24) is 4.72 Å². The lowest BCUT2D eigenvalue weighted by atomic mass is 10.0. The first kappa shape index (κ1) is 15.3. The molecule has 126 valence electrons. The second-order valence-electron chi connectivity index (χ2n) is 5.73. The van der Waals surface area contributed by atoms with E-state index in [0.29, 0.717) is 11.5 Å². The predicted molar refractivity (Wildman–Crippen MR) is 86.8 cm³/mol. The lowest BCUT2D eigenvalue weighted by Crippen LogP contribution is -2.23. The zero-order valence-corrected chi connectivity index (χ0v) is 13.8. The monoisotopic (exact) mass is 347 g/mol. The molecule has 24 heavy (non-hydrogen) atoms. The molecule has 7 heteroatoms. The summed E-state index contributed by atoms with van der Waals surface area (Å²) in [6.45, 7) is 1.08. The van der Waals surface area contributed by atoms with Crippen molar-refractivity contribution in [3.63, 3.8) is 0 Å². The highest BCUT2D eigenvalue weighted by atomic mass is 32.2. The molecule has 0 atom stereocenters. The first-order chi connectivity index (χ1) is 11.6. The molecule has 0 radical (unpaired) electrons. The molecule has 0 aliphatic carbocycles. The van der Waals surface area contributed by atoms with Gasteiger partial charge in [0.2, 0.25) is 16.8 Å². The van der Waals surface area contributed by atoms with Crippen LogP contribution >= 0.6 is 0 Å². The molecule has 2 heterocycles. The first-order valence-corrected chi connectivity index (χ1v) is 9.24. The Labute approximate surface area is 140 Å². The third kappa shape index (κ3) is 2.92. The van der Waals surface area contributed by atoms with Crippen molar-refractivity contribution in [3.05, 3.63) is 47.5 Å². The molecule has 0 amide bonds. The smallest absolute Gasteiger partial charge is 0.241 e. The van der Waals surface area contributed by atoms with E-state index in [9.17, 15) is 8.42 Å². The Morgan fingerprint density at radius 2 is 1.79 bits per heavy atom. The molecule has 2 aliphatic heterocycles.